The number of nitrogens with one attached hydrogen (secondary N) is 1. The van der Waals surface area contributed by atoms with Crippen molar-refractivity contribution in [3.05, 3.63) is 34.9 Å². The summed E-state index contributed by atoms with van der Waals surface area (Å²) in [4.78, 5) is 22.1. The van der Waals surface area contributed by atoms with E-state index >= 15 is 0 Å². The van der Waals surface area contributed by atoms with Crippen molar-refractivity contribution in [1.82, 2.24) is 5.32 Å². The Morgan fingerprint density at radius 1 is 1.35 bits per heavy atom. The van der Waals surface area contributed by atoms with Gasteiger partial charge in [-0.1, -0.05) is 23.7 Å². The third-order valence-electron chi connectivity index (χ3n) is 2.51. The molecule has 3 N–H and O–H groups in total. The Labute approximate surface area is 126 Å². The van der Waals surface area contributed by atoms with E-state index in [0.29, 0.717) is 10.8 Å². The molecule has 0 saturated heterocycles. The zero-order valence-corrected chi connectivity index (χ0v) is 12.5. The molecule has 5 nitrogen and oxygen atoms in total. The van der Waals surface area contributed by atoms with Gasteiger partial charge in [-0.15, -0.1) is 11.8 Å². The van der Waals surface area contributed by atoms with E-state index in [0.717, 1.165) is 12.5 Å². The standard InChI is InChI=1S/C13H16ClNO4S/c1-13(19,12(17)18)8-15-11(16)7-20-6-9-2-4-10(14)5-3-9/h2-5,19H,6-8H2,1H3,(H,15,16)(H,17,18). The number of amides is 1. The van der Waals surface area contributed by atoms with Crippen molar-refractivity contribution >= 4 is 35.2 Å². The number of hydrogen-bond acceptors (Lipinski definition) is 4. The lowest BCUT2D eigenvalue weighted by atomic mass is 10.1. The molecular weight excluding hydrogens is 302 g/mol. The molecule has 0 spiro atoms. The Morgan fingerprint density at radius 3 is 2.50 bits per heavy atom. The highest BCUT2D eigenvalue weighted by atomic mass is 35.5. The molecule has 1 atom stereocenters. The van der Waals surface area contributed by atoms with Crippen molar-refractivity contribution < 1.29 is 19.8 Å². The molecule has 1 aromatic carbocycles. The first-order valence-electron chi connectivity index (χ1n) is 5.86. The topological polar surface area (TPSA) is 86.6 Å². The lowest BCUT2D eigenvalue weighted by Gasteiger charge is -2.18. The first kappa shape index (κ1) is 16.8. The molecule has 0 aliphatic rings. The van der Waals surface area contributed by atoms with Crippen LogP contribution >= 0.6 is 23.4 Å². The number of rotatable bonds is 7. The van der Waals surface area contributed by atoms with Gasteiger partial charge in [0.15, 0.2) is 5.60 Å². The second-order valence-electron chi connectivity index (χ2n) is 4.48. The summed E-state index contributed by atoms with van der Waals surface area (Å²) < 4.78 is 0. The van der Waals surface area contributed by atoms with E-state index in [1.54, 1.807) is 12.1 Å². The Bertz CT molecular complexity index is 476. The number of carboxylic acid groups (broad SMARTS) is 1. The smallest absolute Gasteiger partial charge is 0.337 e. The van der Waals surface area contributed by atoms with E-state index in [1.807, 2.05) is 12.1 Å². The maximum atomic E-state index is 11.5. The number of halogens is 1. The number of carbonyl (C=O) groups is 2. The summed E-state index contributed by atoms with van der Waals surface area (Å²) in [5.41, 5.74) is -0.902. The van der Waals surface area contributed by atoms with Gasteiger partial charge in [-0.05, 0) is 24.6 Å². The molecule has 1 unspecified atom stereocenters. The molecule has 0 bridgehead atoms. The molecule has 0 aliphatic carbocycles. The number of carboxylic acids is 1. The van der Waals surface area contributed by atoms with Crippen LogP contribution in [0, 0.1) is 0 Å². The van der Waals surface area contributed by atoms with Gasteiger partial charge in [-0.25, -0.2) is 4.79 Å². The molecule has 1 rings (SSSR count). The van der Waals surface area contributed by atoms with Crippen LogP contribution in [0.3, 0.4) is 0 Å². The Kier molecular flexibility index (Phi) is 6.32. The molecule has 0 aromatic heterocycles. The lowest BCUT2D eigenvalue weighted by Crippen LogP contribution is -2.46. The molecular formula is C13H16ClNO4S. The fourth-order valence-electron chi connectivity index (χ4n) is 1.24. The average molecular weight is 318 g/mol. The van der Waals surface area contributed by atoms with Crippen LogP contribution in [0.2, 0.25) is 5.02 Å². The molecule has 0 aliphatic heterocycles. The van der Waals surface area contributed by atoms with E-state index in [9.17, 15) is 14.7 Å². The molecule has 110 valence electrons. The Balaban J connectivity index is 2.27. The lowest BCUT2D eigenvalue weighted by molar-refractivity contribution is -0.156. The summed E-state index contributed by atoms with van der Waals surface area (Å²) in [6, 6.07) is 7.31. The zero-order valence-electron chi connectivity index (χ0n) is 10.9. The SMILES string of the molecule is CC(O)(CNC(=O)CSCc1ccc(Cl)cc1)C(=O)O. The van der Waals surface area contributed by atoms with Gasteiger partial charge in [0.25, 0.3) is 0 Å². The van der Waals surface area contributed by atoms with Crippen LogP contribution in [0.5, 0.6) is 0 Å². The molecule has 20 heavy (non-hydrogen) atoms. The van der Waals surface area contributed by atoms with E-state index in [4.69, 9.17) is 16.7 Å². The molecule has 1 amide bonds. The van der Waals surface area contributed by atoms with Gasteiger partial charge in [0.05, 0.1) is 12.3 Å². The second-order valence-corrected chi connectivity index (χ2v) is 5.90. The van der Waals surface area contributed by atoms with Crippen molar-refractivity contribution in [3.8, 4) is 0 Å². The van der Waals surface area contributed by atoms with Crippen molar-refractivity contribution in [2.24, 2.45) is 0 Å². The quantitative estimate of drug-likeness (QED) is 0.710. The minimum absolute atomic E-state index is 0.193. The van der Waals surface area contributed by atoms with Gasteiger partial charge in [0, 0.05) is 10.8 Å². The average Bonchev–Trinajstić information content (AvgIpc) is 2.39. The highest BCUT2D eigenvalue weighted by molar-refractivity contribution is 7.99. The fourth-order valence-corrected chi connectivity index (χ4v) is 2.18. The van der Waals surface area contributed by atoms with E-state index in [1.165, 1.54) is 11.8 Å². The van der Waals surface area contributed by atoms with Crippen LogP contribution in [0.4, 0.5) is 0 Å². The maximum absolute atomic E-state index is 11.5. The normalized spacial score (nSPS) is 13.6. The van der Waals surface area contributed by atoms with Crippen LogP contribution in [0.1, 0.15) is 12.5 Å². The largest absolute Gasteiger partial charge is 0.479 e. The van der Waals surface area contributed by atoms with Gasteiger partial charge in [0.2, 0.25) is 5.91 Å². The third kappa shape index (κ3) is 5.81. The van der Waals surface area contributed by atoms with E-state index in [2.05, 4.69) is 5.32 Å². The Hall–Kier alpha value is -1.24. The van der Waals surface area contributed by atoms with Crippen LogP contribution in [0.25, 0.3) is 0 Å². The summed E-state index contributed by atoms with van der Waals surface area (Å²) in [5, 5.41) is 21.2. The molecule has 0 radical (unpaired) electrons. The van der Waals surface area contributed by atoms with Crippen molar-refractivity contribution in [3.63, 3.8) is 0 Å². The molecule has 7 heteroatoms. The second kappa shape index (κ2) is 7.52. The van der Waals surface area contributed by atoms with Crippen molar-refractivity contribution in [2.75, 3.05) is 12.3 Å². The number of benzene rings is 1. The van der Waals surface area contributed by atoms with Gasteiger partial charge >= 0.3 is 5.97 Å². The monoisotopic (exact) mass is 317 g/mol. The highest BCUT2D eigenvalue weighted by Crippen LogP contribution is 2.15. The third-order valence-corrected chi connectivity index (χ3v) is 3.76. The summed E-state index contributed by atoms with van der Waals surface area (Å²) >= 11 is 7.16. The molecule has 0 fully saturated rings. The van der Waals surface area contributed by atoms with Gasteiger partial charge in [-0.3, -0.25) is 4.79 Å². The summed E-state index contributed by atoms with van der Waals surface area (Å²) in [7, 11) is 0. The minimum Gasteiger partial charge on any atom is -0.479 e. The van der Waals surface area contributed by atoms with Crippen LogP contribution in [0.15, 0.2) is 24.3 Å². The number of aliphatic hydroxyl groups is 1. The van der Waals surface area contributed by atoms with Gasteiger partial charge in [-0.2, -0.15) is 0 Å². The summed E-state index contributed by atoms with van der Waals surface area (Å²) in [6.45, 7) is 0.819. The fraction of sp³-hybridized carbons (Fsp3) is 0.385. The van der Waals surface area contributed by atoms with Crippen molar-refractivity contribution in [2.45, 2.75) is 18.3 Å². The van der Waals surface area contributed by atoms with Crippen LogP contribution in [-0.2, 0) is 15.3 Å². The number of thioether (sulfide) groups is 1. The van der Waals surface area contributed by atoms with Crippen molar-refractivity contribution in [1.29, 1.82) is 0 Å². The molecule has 1 aromatic rings. The van der Waals surface area contributed by atoms with E-state index < -0.39 is 11.6 Å². The summed E-state index contributed by atoms with van der Waals surface area (Å²) in [6.07, 6.45) is 0. The molecule has 0 heterocycles. The predicted molar refractivity (Wildman–Crippen MR) is 78.9 cm³/mol. The highest BCUT2D eigenvalue weighted by Gasteiger charge is 2.30. The van der Waals surface area contributed by atoms with E-state index in [-0.39, 0.29) is 18.2 Å². The van der Waals surface area contributed by atoms with Crippen LogP contribution < -0.4 is 5.32 Å². The number of carbonyl (C=O) groups excluding carboxylic acids is 1. The number of aliphatic carboxylic acids is 1. The van der Waals surface area contributed by atoms with Gasteiger partial charge < -0.3 is 15.5 Å². The zero-order chi connectivity index (χ0) is 15.2. The summed E-state index contributed by atoms with van der Waals surface area (Å²) in [5.74, 6) is -0.838. The first-order valence-corrected chi connectivity index (χ1v) is 7.39. The van der Waals surface area contributed by atoms with Crippen LogP contribution in [-0.4, -0.2) is 40.0 Å². The first-order chi connectivity index (χ1) is 9.31. The number of hydrogen-bond donors (Lipinski definition) is 3. The Morgan fingerprint density at radius 2 is 1.95 bits per heavy atom. The molecule has 0 saturated carbocycles. The minimum atomic E-state index is -1.95. The van der Waals surface area contributed by atoms with Gasteiger partial charge in [0.1, 0.15) is 0 Å². The maximum Gasteiger partial charge on any atom is 0.337 e. The predicted octanol–water partition coefficient (Wildman–Crippen LogP) is 1.52.